The van der Waals surface area contributed by atoms with Crippen molar-refractivity contribution in [3.05, 3.63) is 11.9 Å². The number of hydrogen-bond acceptors (Lipinski definition) is 6. The van der Waals surface area contributed by atoms with Crippen LogP contribution in [0.3, 0.4) is 0 Å². The van der Waals surface area contributed by atoms with E-state index in [-0.39, 0.29) is 31.3 Å². The van der Waals surface area contributed by atoms with Crippen LogP contribution in [0.4, 0.5) is 0 Å². The highest BCUT2D eigenvalue weighted by molar-refractivity contribution is 6.01. The summed E-state index contributed by atoms with van der Waals surface area (Å²) in [4.78, 5) is 34.1. The van der Waals surface area contributed by atoms with Crippen molar-refractivity contribution in [3.63, 3.8) is 0 Å². The Bertz CT molecular complexity index is 511. The lowest BCUT2D eigenvalue weighted by atomic mass is 10.1. The predicted octanol–water partition coefficient (Wildman–Crippen LogP) is -2.34. The lowest BCUT2D eigenvalue weighted by Gasteiger charge is -2.21. The van der Waals surface area contributed by atoms with Crippen LogP contribution in [0.2, 0.25) is 0 Å². The molecule has 1 saturated heterocycles. The van der Waals surface area contributed by atoms with E-state index in [1.54, 1.807) is 6.20 Å². The second-order valence-corrected chi connectivity index (χ2v) is 4.18. The lowest BCUT2D eigenvalue weighted by Crippen LogP contribution is -2.52. The van der Waals surface area contributed by atoms with Crippen LogP contribution < -0.4 is 16.4 Å². The summed E-state index contributed by atoms with van der Waals surface area (Å²) in [5, 5.41) is 12.2. The summed E-state index contributed by atoms with van der Waals surface area (Å²) in [6, 6.07) is -0.678. The summed E-state index contributed by atoms with van der Waals surface area (Å²) in [6.45, 7) is 0.194. The van der Waals surface area contributed by atoms with Gasteiger partial charge in [-0.05, 0) is 6.42 Å². The molecule has 2 rings (SSSR count). The molecule has 1 fully saturated rings. The minimum Gasteiger partial charge on any atom is -0.343 e. The van der Waals surface area contributed by atoms with Gasteiger partial charge in [0.2, 0.25) is 17.7 Å². The fraction of sp³-hybridized carbons (Fsp3) is 0.500. The van der Waals surface area contributed by atoms with Gasteiger partial charge in [0.05, 0.1) is 11.9 Å². The molecule has 102 valence electrons. The van der Waals surface area contributed by atoms with Gasteiger partial charge in [-0.15, -0.1) is 5.10 Å². The highest BCUT2D eigenvalue weighted by atomic mass is 16.2. The normalized spacial score (nSPS) is 19.1. The van der Waals surface area contributed by atoms with Crippen LogP contribution in [0, 0.1) is 0 Å². The molecule has 0 bridgehead atoms. The zero-order valence-corrected chi connectivity index (χ0v) is 10.1. The van der Waals surface area contributed by atoms with Gasteiger partial charge in [-0.3, -0.25) is 19.7 Å². The van der Waals surface area contributed by atoms with Gasteiger partial charge in [0.1, 0.15) is 12.6 Å². The quantitative estimate of drug-likeness (QED) is 0.523. The molecular weight excluding hydrogens is 252 g/mol. The van der Waals surface area contributed by atoms with Crippen LogP contribution in [0.15, 0.2) is 6.20 Å². The molecule has 4 N–H and O–H groups in total. The van der Waals surface area contributed by atoms with Crippen LogP contribution in [0.1, 0.15) is 18.5 Å². The molecule has 3 amide bonds. The first-order valence-electron chi connectivity index (χ1n) is 5.80. The maximum atomic E-state index is 11.7. The lowest BCUT2D eigenvalue weighted by molar-refractivity contribution is -0.137. The van der Waals surface area contributed by atoms with Gasteiger partial charge in [0.25, 0.3) is 0 Å². The molecule has 2 heterocycles. The van der Waals surface area contributed by atoms with Gasteiger partial charge in [-0.25, -0.2) is 4.68 Å². The van der Waals surface area contributed by atoms with Gasteiger partial charge in [0.15, 0.2) is 0 Å². The molecule has 0 aliphatic carbocycles. The molecule has 9 nitrogen and oxygen atoms in total. The smallest absolute Gasteiger partial charge is 0.249 e. The van der Waals surface area contributed by atoms with Crippen molar-refractivity contribution in [2.75, 3.05) is 0 Å². The van der Waals surface area contributed by atoms with Gasteiger partial charge in [-0.1, -0.05) is 5.21 Å². The maximum Gasteiger partial charge on any atom is 0.249 e. The molecule has 0 spiro atoms. The SMILES string of the molecule is NCc1cn(CC(=O)NC2CCC(=O)NC2=O)nn1. The monoisotopic (exact) mass is 266 g/mol. The molecule has 1 aromatic rings. The number of carbonyl (C=O) groups excluding carboxylic acids is 3. The minimum absolute atomic E-state index is 0.0509. The summed E-state index contributed by atoms with van der Waals surface area (Å²) in [6.07, 6.45) is 2.09. The first-order chi connectivity index (χ1) is 9.08. The number of rotatable bonds is 4. The van der Waals surface area contributed by atoms with E-state index in [0.717, 1.165) is 0 Å². The average molecular weight is 266 g/mol. The summed E-state index contributed by atoms with van der Waals surface area (Å²) in [5.74, 6) is -1.17. The van der Waals surface area contributed by atoms with E-state index in [1.165, 1.54) is 4.68 Å². The largest absolute Gasteiger partial charge is 0.343 e. The second kappa shape index (κ2) is 5.57. The van der Waals surface area contributed by atoms with Gasteiger partial charge in [0, 0.05) is 13.0 Å². The van der Waals surface area contributed by atoms with Crippen molar-refractivity contribution in [2.24, 2.45) is 5.73 Å². The molecule has 0 radical (unpaired) electrons. The van der Waals surface area contributed by atoms with Gasteiger partial charge < -0.3 is 11.1 Å². The summed E-state index contributed by atoms with van der Waals surface area (Å²) >= 11 is 0. The summed E-state index contributed by atoms with van der Waals surface area (Å²) < 4.78 is 1.34. The topological polar surface area (TPSA) is 132 Å². The molecule has 1 aliphatic heterocycles. The Morgan fingerprint density at radius 1 is 1.58 bits per heavy atom. The molecule has 1 atom stereocenters. The van der Waals surface area contributed by atoms with E-state index in [2.05, 4.69) is 20.9 Å². The fourth-order valence-corrected chi connectivity index (χ4v) is 1.73. The molecule has 0 saturated carbocycles. The van der Waals surface area contributed by atoms with Crippen LogP contribution >= 0.6 is 0 Å². The Hall–Kier alpha value is -2.29. The van der Waals surface area contributed by atoms with Crippen molar-refractivity contribution in [1.82, 2.24) is 25.6 Å². The first-order valence-corrected chi connectivity index (χ1v) is 5.80. The third-order valence-corrected chi connectivity index (χ3v) is 2.68. The van der Waals surface area contributed by atoms with E-state index in [9.17, 15) is 14.4 Å². The molecule has 1 unspecified atom stereocenters. The molecule has 1 aromatic heterocycles. The summed E-state index contributed by atoms with van der Waals surface area (Å²) in [5.41, 5.74) is 5.95. The van der Waals surface area contributed by atoms with Crippen molar-refractivity contribution in [1.29, 1.82) is 0 Å². The fourth-order valence-electron chi connectivity index (χ4n) is 1.73. The standard InChI is InChI=1S/C10H14N6O3/c11-3-6-4-16(15-14-6)5-9(18)12-7-1-2-8(17)13-10(7)19/h4,7H,1-3,5,11H2,(H,12,18)(H,13,17,19). The zero-order chi connectivity index (χ0) is 13.8. The third-order valence-electron chi connectivity index (χ3n) is 2.68. The number of nitrogens with zero attached hydrogens (tertiary/aromatic N) is 3. The Balaban J connectivity index is 1.87. The predicted molar refractivity (Wildman–Crippen MR) is 62.2 cm³/mol. The van der Waals surface area contributed by atoms with Crippen molar-refractivity contribution in [3.8, 4) is 0 Å². The number of nitrogens with two attached hydrogens (primary N) is 1. The molecular formula is C10H14N6O3. The van der Waals surface area contributed by atoms with E-state index in [1.807, 2.05) is 0 Å². The van der Waals surface area contributed by atoms with E-state index in [4.69, 9.17) is 5.73 Å². The molecule has 9 heteroatoms. The first kappa shape index (κ1) is 13.1. The Morgan fingerprint density at radius 2 is 2.37 bits per heavy atom. The number of imide groups is 1. The number of carbonyl (C=O) groups is 3. The Labute approximate surface area is 108 Å². The molecule has 1 aliphatic rings. The number of amides is 3. The number of piperidine rings is 1. The molecule has 19 heavy (non-hydrogen) atoms. The van der Waals surface area contributed by atoms with Gasteiger partial charge >= 0.3 is 0 Å². The van der Waals surface area contributed by atoms with Crippen molar-refractivity contribution >= 4 is 17.7 Å². The highest BCUT2D eigenvalue weighted by Crippen LogP contribution is 2.04. The van der Waals surface area contributed by atoms with Crippen molar-refractivity contribution in [2.45, 2.75) is 32.0 Å². The van der Waals surface area contributed by atoms with Crippen molar-refractivity contribution < 1.29 is 14.4 Å². The zero-order valence-electron chi connectivity index (χ0n) is 10.1. The Kier molecular flexibility index (Phi) is 3.85. The minimum atomic E-state index is -0.678. The highest BCUT2D eigenvalue weighted by Gasteiger charge is 2.27. The van der Waals surface area contributed by atoms with Crippen LogP contribution in [0.5, 0.6) is 0 Å². The third kappa shape index (κ3) is 3.35. The second-order valence-electron chi connectivity index (χ2n) is 4.18. The van der Waals surface area contributed by atoms with E-state index >= 15 is 0 Å². The summed E-state index contributed by atoms with van der Waals surface area (Å²) in [7, 11) is 0. The number of nitrogens with one attached hydrogen (secondary N) is 2. The number of aromatic nitrogens is 3. The Morgan fingerprint density at radius 3 is 3.00 bits per heavy atom. The number of hydrogen-bond donors (Lipinski definition) is 3. The maximum absolute atomic E-state index is 11.7. The molecule has 0 aromatic carbocycles. The van der Waals surface area contributed by atoms with Gasteiger partial charge in [-0.2, -0.15) is 0 Å². The van der Waals surface area contributed by atoms with Crippen LogP contribution in [-0.2, 0) is 27.5 Å². The van der Waals surface area contributed by atoms with E-state index < -0.39 is 11.9 Å². The van der Waals surface area contributed by atoms with E-state index in [0.29, 0.717) is 12.1 Å². The average Bonchev–Trinajstić information content (AvgIpc) is 2.80. The van der Waals surface area contributed by atoms with Crippen LogP contribution in [0.25, 0.3) is 0 Å². The van der Waals surface area contributed by atoms with Crippen LogP contribution in [-0.4, -0.2) is 38.8 Å².